The standard InChI is InChI=1S/C12H22N2O3/c1-4-5-6-8-13-12(17)14(10(2)3)9-7-11(15)16/h4-5,10H,6-9H2,1-3H3,(H,13,17)(H,15,16)/b5-4+. The van der Waals surface area contributed by atoms with Gasteiger partial charge in [0.2, 0.25) is 0 Å². The van der Waals surface area contributed by atoms with Crippen LogP contribution in [0.1, 0.15) is 33.6 Å². The summed E-state index contributed by atoms with van der Waals surface area (Å²) in [4.78, 5) is 23.8. The summed E-state index contributed by atoms with van der Waals surface area (Å²) in [5.74, 6) is -0.891. The summed E-state index contributed by atoms with van der Waals surface area (Å²) in [6.45, 7) is 6.47. The number of nitrogens with one attached hydrogen (secondary N) is 1. The van der Waals surface area contributed by atoms with Gasteiger partial charge in [-0.1, -0.05) is 12.2 Å². The molecule has 0 heterocycles. The zero-order valence-electron chi connectivity index (χ0n) is 10.8. The summed E-state index contributed by atoms with van der Waals surface area (Å²) >= 11 is 0. The highest BCUT2D eigenvalue weighted by atomic mass is 16.4. The van der Waals surface area contributed by atoms with Gasteiger partial charge in [0, 0.05) is 19.1 Å². The van der Waals surface area contributed by atoms with Crippen molar-refractivity contribution >= 4 is 12.0 Å². The van der Waals surface area contributed by atoms with Crippen LogP contribution in [0.15, 0.2) is 12.2 Å². The minimum Gasteiger partial charge on any atom is -0.481 e. The van der Waals surface area contributed by atoms with Crippen molar-refractivity contribution in [3.8, 4) is 0 Å². The lowest BCUT2D eigenvalue weighted by Crippen LogP contribution is -2.45. The molecule has 0 aromatic rings. The molecular formula is C12H22N2O3. The average molecular weight is 242 g/mol. The van der Waals surface area contributed by atoms with Gasteiger partial charge in [0.25, 0.3) is 0 Å². The maximum atomic E-state index is 11.8. The lowest BCUT2D eigenvalue weighted by atomic mass is 10.3. The number of carboxylic acids is 1. The smallest absolute Gasteiger partial charge is 0.317 e. The van der Waals surface area contributed by atoms with E-state index in [0.717, 1.165) is 6.42 Å². The molecule has 98 valence electrons. The van der Waals surface area contributed by atoms with Crippen molar-refractivity contribution in [2.75, 3.05) is 13.1 Å². The number of amides is 2. The Balaban J connectivity index is 4.10. The molecule has 0 radical (unpaired) electrons. The Kier molecular flexibility index (Phi) is 7.84. The molecule has 0 saturated heterocycles. The molecule has 5 nitrogen and oxygen atoms in total. The quantitative estimate of drug-likeness (QED) is 0.528. The largest absolute Gasteiger partial charge is 0.481 e. The van der Waals surface area contributed by atoms with Crippen molar-refractivity contribution in [1.29, 1.82) is 0 Å². The molecule has 17 heavy (non-hydrogen) atoms. The first-order valence-electron chi connectivity index (χ1n) is 5.86. The van der Waals surface area contributed by atoms with Gasteiger partial charge in [-0.3, -0.25) is 4.79 Å². The summed E-state index contributed by atoms with van der Waals surface area (Å²) < 4.78 is 0. The van der Waals surface area contributed by atoms with Crippen molar-refractivity contribution < 1.29 is 14.7 Å². The molecule has 0 aromatic heterocycles. The molecule has 0 aromatic carbocycles. The average Bonchev–Trinajstić information content (AvgIpc) is 2.23. The van der Waals surface area contributed by atoms with E-state index < -0.39 is 5.97 Å². The van der Waals surface area contributed by atoms with E-state index in [1.165, 1.54) is 4.90 Å². The lowest BCUT2D eigenvalue weighted by Gasteiger charge is -2.26. The Bertz CT molecular complexity index is 275. The van der Waals surface area contributed by atoms with Gasteiger partial charge >= 0.3 is 12.0 Å². The first kappa shape index (κ1) is 15.5. The summed E-state index contributed by atoms with van der Waals surface area (Å²) in [6.07, 6.45) is 4.65. The van der Waals surface area contributed by atoms with Gasteiger partial charge in [0.05, 0.1) is 6.42 Å². The first-order valence-corrected chi connectivity index (χ1v) is 5.86. The number of carbonyl (C=O) groups is 2. The topological polar surface area (TPSA) is 69.6 Å². The number of urea groups is 1. The molecule has 0 fully saturated rings. The number of hydrogen-bond donors (Lipinski definition) is 2. The molecule has 0 aliphatic rings. The van der Waals surface area contributed by atoms with E-state index in [1.807, 2.05) is 32.9 Å². The molecule has 0 aliphatic carbocycles. The maximum Gasteiger partial charge on any atom is 0.317 e. The van der Waals surface area contributed by atoms with Crippen molar-refractivity contribution in [3.05, 3.63) is 12.2 Å². The van der Waals surface area contributed by atoms with Crippen LogP contribution in [0, 0.1) is 0 Å². The Hall–Kier alpha value is -1.52. The van der Waals surface area contributed by atoms with E-state index in [2.05, 4.69) is 5.32 Å². The highest BCUT2D eigenvalue weighted by Gasteiger charge is 2.16. The highest BCUT2D eigenvalue weighted by molar-refractivity contribution is 5.75. The first-order chi connectivity index (χ1) is 7.99. The summed E-state index contributed by atoms with van der Waals surface area (Å²) in [5.41, 5.74) is 0. The number of rotatable bonds is 7. The molecule has 2 amide bonds. The Morgan fingerprint density at radius 1 is 1.41 bits per heavy atom. The van der Waals surface area contributed by atoms with Crippen LogP contribution in [0.3, 0.4) is 0 Å². The fraction of sp³-hybridized carbons (Fsp3) is 0.667. The van der Waals surface area contributed by atoms with Crippen LogP contribution in [0.5, 0.6) is 0 Å². The predicted molar refractivity (Wildman–Crippen MR) is 66.9 cm³/mol. The van der Waals surface area contributed by atoms with Gasteiger partial charge in [-0.15, -0.1) is 0 Å². The number of aliphatic carboxylic acids is 1. The maximum absolute atomic E-state index is 11.8. The van der Waals surface area contributed by atoms with Crippen LogP contribution >= 0.6 is 0 Å². The normalized spacial score (nSPS) is 10.8. The molecule has 0 atom stereocenters. The molecule has 0 rings (SSSR count). The van der Waals surface area contributed by atoms with Crippen LogP contribution in [-0.4, -0.2) is 41.1 Å². The van der Waals surface area contributed by atoms with Gasteiger partial charge in [0.1, 0.15) is 0 Å². The third kappa shape index (κ3) is 7.38. The summed E-state index contributed by atoms with van der Waals surface area (Å²) in [7, 11) is 0. The van der Waals surface area contributed by atoms with Crippen molar-refractivity contribution in [1.82, 2.24) is 10.2 Å². The SMILES string of the molecule is C/C=C/CCNC(=O)N(CCC(=O)O)C(C)C. The number of carboxylic acid groups (broad SMARTS) is 1. The van der Waals surface area contributed by atoms with E-state index in [4.69, 9.17) is 5.11 Å². The summed E-state index contributed by atoms with van der Waals surface area (Å²) in [5, 5.41) is 11.4. The fourth-order valence-electron chi connectivity index (χ4n) is 1.34. The Morgan fingerprint density at radius 2 is 2.06 bits per heavy atom. The minimum atomic E-state index is -0.891. The molecule has 0 saturated carbocycles. The van der Waals surface area contributed by atoms with Crippen LogP contribution in [0.4, 0.5) is 4.79 Å². The third-order valence-corrected chi connectivity index (χ3v) is 2.27. The van der Waals surface area contributed by atoms with Gasteiger partial charge in [-0.05, 0) is 27.2 Å². The molecule has 5 heteroatoms. The monoisotopic (exact) mass is 242 g/mol. The van der Waals surface area contributed by atoms with Crippen LogP contribution in [0.2, 0.25) is 0 Å². The zero-order valence-corrected chi connectivity index (χ0v) is 10.8. The predicted octanol–water partition coefficient (Wildman–Crippen LogP) is 1.85. The second kappa shape index (κ2) is 8.61. The molecule has 0 unspecified atom stereocenters. The second-order valence-electron chi connectivity index (χ2n) is 4.02. The molecule has 0 bridgehead atoms. The van der Waals surface area contributed by atoms with Gasteiger partial charge < -0.3 is 15.3 Å². The number of allylic oxidation sites excluding steroid dienone is 1. The minimum absolute atomic E-state index is 0.00364. The van der Waals surface area contributed by atoms with E-state index in [1.54, 1.807) is 0 Å². The van der Waals surface area contributed by atoms with Gasteiger partial charge in [0.15, 0.2) is 0 Å². The number of carbonyl (C=O) groups excluding carboxylic acids is 1. The van der Waals surface area contributed by atoms with E-state index in [0.29, 0.717) is 6.54 Å². The molecule has 2 N–H and O–H groups in total. The summed E-state index contributed by atoms with van der Waals surface area (Å²) in [6, 6.07) is -0.207. The van der Waals surface area contributed by atoms with Crippen molar-refractivity contribution in [2.24, 2.45) is 0 Å². The van der Waals surface area contributed by atoms with Crippen molar-refractivity contribution in [3.63, 3.8) is 0 Å². The molecule has 0 spiro atoms. The molecular weight excluding hydrogens is 220 g/mol. The van der Waals surface area contributed by atoms with E-state index in [-0.39, 0.29) is 25.0 Å². The molecule has 0 aliphatic heterocycles. The lowest BCUT2D eigenvalue weighted by molar-refractivity contribution is -0.137. The van der Waals surface area contributed by atoms with E-state index in [9.17, 15) is 9.59 Å². The third-order valence-electron chi connectivity index (χ3n) is 2.27. The zero-order chi connectivity index (χ0) is 13.3. The van der Waals surface area contributed by atoms with Crippen LogP contribution in [-0.2, 0) is 4.79 Å². The van der Waals surface area contributed by atoms with Crippen LogP contribution in [0.25, 0.3) is 0 Å². The Morgan fingerprint density at radius 3 is 2.53 bits per heavy atom. The number of nitrogens with zero attached hydrogens (tertiary/aromatic N) is 1. The number of hydrogen-bond acceptors (Lipinski definition) is 2. The van der Waals surface area contributed by atoms with E-state index >= 15 is 0 Å². The Labute approximate surface area is 102 Å². The highest BCUT2D eigenvalue weighted by Crippen LogP contribution is 2.00. The van der Waals surface area contributed by atoms with Crippen molar-refractivity contribution in [2.45, 2.75) is 39.7 Å². The van der Waals surface area contributed by atoms with Gasteiger partial charge in [-0.25, -0.2) is 4.79 Å². The van der Waals surface area contributed by atoms with Gasteiger partial charge in [-0.2, -0.15) is 0 Å². The van der Waals surface area contributed by atoms with Crippen LogP contribution < -0.4 is 5.32 Å². The second-order valence-corrected chi connectivity index (χ2v) is 4.02. The fourth-order valence-corrected chi connectivity index (χ4v) is 1.34.